The van der Waals surface area contributed by atoms with Gasteiger partial charge < -0.3 is 10.6 Å². The van der Waals surface area contributed by atoms with Crippen molar-refractivity contribution < 1.29 is 9.59 Å². The molecule has 0 aromatic carbocycles. The highest BCUT2D eigenvalue weighted by Gasteiger charge is 2.16. The Kier molecular flexibility index (Phi) is 5.36. The fourth-order valence-electron chi connectivity index (χ4n) is 2.78. The van der Waals surface area contributed by atoms with Gasteiger partial charge in [-0.2, -0.15) is 5.10 Å². The lowest BCUT2D eigenvalue weighted by Gasteiger charge is -2.16. The highest BCUT2D eigenvalue weighted by atomic mass is 16.2. The molecule has 2 N–H and O–H groups in total. The summed E-state index contributed by atoms with van der Waals surface area (Å²) in [6.45, 7) is 1.84. The van der Waals surface area contributed by atoms with Crippen molar-refractivity contribution in [2.45, 2.75) is 51.5 Å². The topological polar surface area (TPSA) is 76.0 Å². The molecule has 2 rings (SSSR count). The molecule has 21 heavy (non-hydrogen) atoms. The van der Waals surface area contributed by atoms with Crippen LogP contribution in [0.2, 0.25) is 0 Å². The number of rotatable bonds is 4. The molecule has 1 aliphatic rings. The van der Waals surface area contributed by atoms with Crippen LogP contribution in [0.5, 0.6) is 0 Å². The van der Waals surface area contributed by atoms with Gasteiger partial charge in [0.15, 0.2) is 0 Å². The van der Waals surface area contributed by atoms with Crippen LogP contribution >= 0.6 is 0 Å². The number of nitrogens with one attached hydrogen (secondary N) is 2. The van der Waals surface area contributed by atoms with Crippen LogP contribution in [0, 0.1) is 6.92 Å². The number of nitrogens with zero attached hydrogens (tertiary/aromatic N) is 2. The molecule has 0 bridgehead atoms. The smallest absolute Gasteiger partial charge is 0.269 e. The van der Waals surface area contributed by atoms with E-state index < -0.39 is 0 Å². The number of amides is 2. The summed E-state index contributed by atoms with van der Waals surface area (Å²) in [5.41, 5.74) is 1.25. The van der Waals surface area contributed by atoms with E-state index in [-0.39, 0.29) is 24.4 Å². The Bertz CT molecular complexity index is 502. The summed E-state index contributed by atoms with van der Waals surface area (Å²) in [5.74, 6) is -0.386. The monoisotopic (exact) mass is 292 g/mol. The minimum absolute atomic E-state index is 0.0135. The van der Waals surface area contributed by atoms with E-state index in [9.17, 15) is 9.59 Å². The van der Waals surface area contributed by atoms with Crippen molar-refractivity contribution in [1.29, 1.82) is 0 Å². The van der Waals surface area contributed by atoms with Gasteiger partial charge in [-0.3, -0.25) is 14.3 Å². The summed E-state index contributed by atoms with van der Waals surface area (Å²) in [5, 5.41) is 9.77. The minimum Gasteiger partial charge on any atom is -0.352 e. The third-order valence-corrected chi connectivity index (χ3v) is 3.86. The standard InChI is InChI=1S/C15H24N4O2/c1-11-9-13(19(2)18-11)15(21)16-10-14(20)17-12-7-5-3-4-6-8-12/h9,12H,3-8,10H2,1-2H3,(H,16,21)(H,17,20). The van der Waals surface area contributed by atoms with E-state index >= 15 is 0 Å². The van der Waals surface area contributed by atoms with Crippen LogP contribution < -0.4 is 10.6 Å². The van der Waals surface area contributed by atoms with E-state index in [1.54, 1.807) is 13.1 Å². The Morgan fingerprint density at radius 2 is 1.95 bits per heavy atom. The van der Waals surface area contributed by atoms with Gasteiger partial charge in [0, 0.05) is 13.1 Å². The van der Waals surface area contributed by atoms with Crippen LogP contribution in [0.4, 0.5) is 0 Å². The van der Waals surface area contributed by atoms with E-state index in [1.165, 1.54) is 30.4 Å². The SMILES string of the molecule is Cc1cc(C(=O)NCC(=O)NC2CCCCCC2)n(C)n1. The molecule has 0 radical (unpaired) electrons. The summed E-state index contributed by atoms with van der Waals surface area (Å²) in [6.07, 6.45) is 6.93. The van der Waals surface area contributed by atoms with Crippen LogP contribution in [0.1, 0.15) is 54.7 Å². The number of aromatic nitrogens is 2. The lowest BCUT2D eigenvalue weighted by atomic mass is 10.1. The van der Waals surface area contributed by atoms with Crippen molar-refractivity contribution in [2.24, 2.45) is 7.05 Å². The first kappa shape index (κ1) is 15.5. The number of hydrogen-bond donors (Lipinski definition) is 2. The zero-order valence-electron chi connectivity index (χ0n) is 12.8. The van der Waals surface area contributed by atoms with Gasteiger partial charge in [-0.15, -0.1) is 0 Å². The zero-order valence-corrected chi connectivity index (χ0v) is 12.8. The van der Waals surface area contributed by atoms with E-state index in [1.807, 2.05) is 6.92 Å². The van der Waals surface area contributed by atoms with E-state index in [2.05, 4.69) is 15.7 Å². The average molecular weight is 292 g/mol. The summed E-state index contributed by atoms with van der Waals surface area (Å²) in [4.78, 5) is 23.9. The summed E-state index contributed by atoms with van der Waals surface area (Å²) in [7, 11) is 1.72. The fraction of sp³-hybridized carbons (Fsp3) is 0.667. The summed E-state index contributed by atoms with van der Waals surface area (Å²) < 4.78 is 1.52. The van der Waals surface area contributed by atoms with Crippen molar-refractivity contribution in [3.63, 3.8) is 0 Å². The van der Waals surface area contributed by atoms with Crippen LogP contribution in [0.15, 0.2) is 6.07 Å². The Balaban J connectivity index is 1.78. The molecule has 1 heterocycles. The summed E-state index contributed by atoms with van der Waals surface area (Å²) in [6, 6.07) is 1.97. The van der Waals surface area contributed by atoms with E-state index in [4.69, 9.17) is 0 Å². The van der Waals surface area contributed by atoms with Gasteiger partial charge >= 0.3 is 0 Å². The molecule has 0 saturated heterocycles. The maximum Gasteiger partial charge on any atom is 0.269 e. The second kappa shape index (κ2) is 7.24. The van der Waals surface area contributed by atoms with Gasteiger partial charge in [0.2, 0.25) is 5.91 Å². The van der Waals surface area contributed by atoms with Crippen LogP contribution in [0.3, 0.4) is 0 Å². The second-order valence-corrected chi connectivity index (χ2v) is 5.73. The molecule has 1 aromatic heterocycles. The first-order valence-corrected chi connectivity index (χ1v) is 7.64. The predicted octanol–water partition coefficient (Wildman–Crippen LogP) is 1.30. The molecule has 2 amide bonds. The van der Waals surface area contributed by atoms with Crippen LogP contribution in [-0.2, 0) is 11.8 Å². The van der Waals surface area contributed by atoms with Gasteiger partial charge in [-0.1, -0.05) is 25.7 Å². The highest BCUT2D eigenvalue weighted by molar-refractivity contribution is 5.95. The van der Waals surface area contributed by atoms with Gasteiger partial charge in [0.25, 0.3) is 5.91 Å². The van der Waals surface area contributed by atoms with Crippen molar-refractivity contribution in [3.05, 3.63) is 17.5 Å². The first-order chi connectivity index (χ1) is 10.1. The fourth-order valence-corrected chi connectivity index (χ4v) is 2.78. The molecule has 1 saturated carbocycles. The maximum atomic E-state index is 12.0. The Morgan fingerprint density at radius 1 is 1.29 bits per heavy atom. The molecule has 0 atom stereocenters. The number of hydrogen-bond acceptors (Lipinski definition) is 3. The van der Waals surface area contributed by atoms with Crippen molar-refractivity contribution in [1.82, 2.24) is 20.4 Å². The second-order valence-electron chi connectivity index (χ2n) is 5.73. The molecule has 0 aliphatic heterocycles. The zero-order chi connectivity index (χ0) is 15.2. The van der Waals surface area contributed by atoms with Gasteiger partial charge in [0.1, 0.15) is 5.69 Å². The quantitative estimate of drug-likeness (QED) is 0.821. The normalized spacial score (nSPS) is 16.3. The van der Waals surface area contributed by atoms with Crippen LogP contribution in [0.25, 0.3) is 0 Å². The molecule has 6 nitrogen and oxygen atoms in total. The van der Waals surface area contributed by atoms with Gasteiger partial charge in [0.05, 0.1) is 12.2 Å². The van der Waals surface area contributed by atoms with Gasteiger partial charge in [-0.25, -0.2) is 0 Å². The number of carbonyl (C=O) groups is 2. The Morgan fingerprint density at radius 3 is 2.52 bits per heavy atom. The highest BCUT2D eigenvalue weighted by Crippen LogP contribution is 2.16. The minimum atomic E-state index is -0.269. The van der Waals surface area contributed by atoms with E-state index in [0.29, 0.717) is 5.69 Å². The maximum absolute atomic E-state index is 12.0. The third-order valence-electron chi connectivity index (χ3n) is 3.86. The Hall–Kier alpha value is -1.85. The van der Waals surface area contributed by atoms with Gasteiger partial charge in [-0.05, 0) is 25.8 Å². The molecule has 6 heteroatoms. The lowest BCUT2D eigenvalue weighted by molar-refractivity contribution is -0.120. The molecule has 1 fully saturated rings. The van der Waals surface area contributed by atoms with Crippen molar-refractivity contribution in [2.75, 3.05) is 6.54 Å². The number of carbonyl (C=O) groups excluding carboxylic acids is 2. The molecule has 0 unspecified atom stereocenters. The molecule has 1 aliphatic carbocycles. The van der Waals surface area contributed by atoms with E-state index in [0.717, 1.165) is 18.5 Å². The van der Waals surface area contributed by atoms with Crippen molar-refractivity contribution >= 4 is 11.8 Å². The first-order valence-electron chi connectivity index (χ1n) is 7.64. The molecular formula is C15H24N4O2. The summed E-state index contributed by atoms with van der Waals surface area (Å²) >= 11 is 0. The molecule has 0 spiro atoms. The Labute approximate surface area is 125 Å². The number of aryl methyl sites for hydroxylation is 2. The molecule has 1 aromatic rings. The molecular weight excluding hydrogens is 268 g/mol. The lowest BCUT2D eigenvalue weighted by Crippen LogP contribution is -2.42. The van der Waals surface area contributed by atoms with Crippen molar-refractivity contribution in [3.8, 4) is 0 Å². The largest absolute Gasteiger partial charge is 0.352 e. The van der Waals surface area contributed by atoms with Crippen LogP contribution in [-0.4, -0.2) is 34.2 Å². The average Bonchev–Trinajstić information content (AvgIpc) is 2.65. The predicted molar refractivity (Wildman–Crippen MR) is 79.9 cm³/mol. The molecule has 116 valence electrons. The third kappa shape index (κ3) is 4.58.